The number of likely N-dealkylation sites (tertiary alicyclic amines) is 2. The summed E-state index contributed by atoms with van der Waals surface area (Å²) in [7, 11) is 0. The summed E-state index contributed by atoms with van der Waals surface area (Å²) < 4.78 is 2.30. The Balaban J connectivity index is 1.10. The first kappa shape index (κ1) is 31.2. The topological polar surface area (TPSA) is 102 Å². The van der Waals surface area contributed by atoms with E-state index in [1.54, 1.807) is 12.3 Å². The molecule has 0 aliphatic carbocycles. The Labute approximate surface area is 256 Å². The van der Waals surface area contributed by atoms with Gasteiger partial charge in [0.25, 0.3) is 0 Å². The second-order valence-electron chi connectivity index (χ2n) is 13.8. The molecule has 1 spiro atoms. The van der Waals surface area contributed by atoms with Gasteiger partial charge in [-0.25, -0.2) is 14.8 Å². The quantitative estimate of drug-likeness (QED) is 0.242. The van der Waals surface area contributed by atoms with Crippen LogP contribution in [0.25, 0.3) is 6.08 Å². The van der Waals surface area contributed by atoms with Crippen LogP contribution in [0.3, 0.4) is 0 Å². The summed E-state index contributed by atoms with van der Waals surface area (Å²) in [6.07, 6.45) is 16.3. The molecule has 4 heterocycles. The number of aromatic amines is 1. The number of aryl methyl sites for hydroxylation is 1. The Hall–Kier alpha value is -3.27. The van der Waals surface area contributed by atoms with Crippen molar-refractivity contribution in [3.63, 3.8) is 0 Å². The molecule has 2 aromatic heterocycles. The van der Waals surface area contributed by atoms with Crippen molar-refractivity contribution in [3.05, 3.63) is 77.9 Å². The first-order valence-corrected chi connectivity index (χ1v) is 15.8. The first-order chi connectivity index (χ1) is 20.7. The second-order valence-corrected chi connectivity index (χ2v) is 13.8. The summed E-state index contributed by atoms with van der Waals surface area (Å²) >= 11 is 0. The zero-order valence-electron chi connectivity index (χ0n) is 26.1. The van der Waals surface area contributed by atoms with Crippen LogP contribution in [0, 0.1) is 10.8 Å². The molecule has 0 bridgehead atoms. The van der Waals surface area contributed by atoms with Gasteiger partial charge in [-0.2, -0.15) is 0 Å². The molecule has 0 radical (unpaired) electrons. The minimum atomic E-state index is -0.947. The molecular weight excluding hydrogens is 538 g/mol. The average molecular weight is 588 g/mol. The van der Waals surface area contributed by atoms with Crippen molar-refractivity contribution >= 4 is 12.0 Å². The third-order valence-electron chi connectivity index (χ3n) is 8.99. The molecule has 2 aliphatic heterocycles. The molecule has 3 aromatic rings. The van der Waals surface area contributed by atoms with E-state index in [0.717, 1.165) is 54.8 Å². The monoisotopic (exact) mass is 587 g/mol. The highest BCUT2D eigenvalue weighted by atomic mass is 16.4. The van der Waals surface area contributed by atoms with Gasteiger partial charge < -0.3 is 29.8 Å². The molecule has 9 nitrogen and oxygen atoms in total. The average Bonchev–Trinajstić information content (AvgIpc) is 3.74. The van der Waals surface area contributed by atoms with Crippen LogP contribution in [0.15, 0.2) is 55.1 Å². The van der Waals surface area contributed by atoms with Crippen LogP contribution in [-0.2, 0) is 24.3 Å². The number of H-pyrrole nitrogens is 1. The molecule has 2 aliphatic rings. The number of piperidine rings is 1. The molecule has 2 fully saturated rings. The minimum Gasteiger partial charge on any atom is -0.478 e. The van der Waals surface area contributed by atoms with Crippen LogP contribution in [0.5, 0.6) is 0 Å². The van der Waals surface area contributed by atoms with Crippen molar-refractivity contribution < 1.29 is 9.90 Å². The fourth-order valence-corrected chi connectivity index (χ4v) is 6.75. The predicted molar refractivity (Wildman–Crippen MR) is 170 cm³/mol. The minimum absolute atomic E-state index is 0.00896. The number of hydrogen-bond donors (Lipinski definition) is 3. The summed E-state index contributed by atoms with van der Waals surface area (Å²) in [6, 6.07) is 7.90. The number of carboxylic acids is 1. The van der Waals surface area contributed by atoms with E-state index in [0.29, 0.717) is 17.4 Å². The first-order valence-electron chi connectivity index (χ1n) is 15.8. The number of aromatic nitrogens is 4. The highest BCUT2D eigenvalue weighted by Crippen LogP contribution is 2.40. The smallest absolute Gasteiger partial charge is 0.328 e. The second kappa shape index (κ2) is 14.0. The maximum absolute atomic E-state index is 10.8. The van der Waals surface area contributed by atoms with Gasteiger partial charge in [-0.3, -0.25) is 0 Å². The standard InChI is InChI=1S/C34H49N7O2/c1-33(2,3)25-40-20-12-34(13-21-40)11-19-39(26-34)17-4-18-41-22-16-35-30(41)23-29(32-36-14-15-37-32)38-24-28-7-5-27(6-8-28)9-10-31(42)43/h5-10,14-16,22,29,38H,4,11-13,17-21,23-26H2,1-3H3,(H,36,37)(H,42,43)/b10-9+. The van der Waals surface area contributed by atoms with Gasteiger partial charge in [0.05, 0.1) is 6.04 Å². The molecule has 0 saturated carbocycles. The largest absolute Gasteiger partial charge is 0.478 e. The Morgan fingerprint density at radius 2 is 1.81 bits per heavy atom. The van der Waals surface area contributed by atoms with Crippen molar-refractivity contribution in [3.8, 4) is 0 Å². The molecule has 9 heteroatoms. The van der Waals surface area contributed by atoms with E-state index in [1.165, 1.54) is 52.0 Å². The molecule has 1 aromatic carbocycles. The number of carbonyl (C=O) groups is 1. The maximum atomic E-state index is 10.8. The molecule has 5 rings (SSSR count). The van der Waals surface area contributed by atoms with E-state index in [4.69, 9.17) is 10.1 Å². The highest BCUT2D eigenvalue weighted by Gasteiger charge is 2.40. The van der Waals surface area contributed by atoms with Gasteiger partial charge >= 0.3 is 5.97 Å². The summed E-state index contributed by atoms with van der Waals surface area (Å²) in [4.78, 5) is 28.7. The van der Waals surface area contributed by atoms with Crippen molar-refractivity contribution in [2.24, 2.45) is 10.8 Å². The van der Waals surface area contributed by atoms with E-state index in [-0.39, 0.29) is 6.04 Å². The molecule has 1 atom stereocenters. The summed E-state index contributed by atoms with van der Waals surface area (Å²) in [6.45, 7) is 16.0. The lowest BCUT2D eigenvalue weighted by Crippen LogP contribution is -2.44. The summed E-state index contributed by atoms with van der Waals surface area (Å²) in [5.41, 5.74) is 2.89. The van der Waals surface area contributed by atoms with E-state index < -0.39 is 5.97 Å². The summed E-state index contributed by atoms with van der Waals surface area (Å²) in [5, 5.41) is 12.5. The number of nitrogens with zero attached hydrogens (tertiary/aromatic N) is 5. The van der Waals surface area contributed by atoms with Crippen molar-refractivity contribution in [2.75, 3.05) is 39.3 Å². The Morgan fingerprint density at radius 1 is 1.07 bits per heavy atom. The van der Waals surface area contributed by atoms with Gasteiger partial charge in [0.15, 0.2) is 0 Å². The third-order valence-corrected chi connectivity index (χ3v) is 8.99. The van der Waals surface area contributed by atoms with Gasteiger partial charge in [-0.05, 0) is 79.9 Å². The van der Waals surface area contributed by atoms with Crippen LogP contribution >= 0.6 is 0 Å². The maximum Gasteiger partial charge on any atom is 0.328 e. The number of benzene rings is 1. The van der Waals surface area contributed by atoms with Gasteiger partial charge in [0.1, 0.15) is 11.6 Å². The van der Waals surface area contributed by atoms with Crippen LogP contribution in [0.2, 0.25) is 0 Å². The van der Waals surface area contributed by atoms with Gasteiger partial charge in [0.2, 0.25) is 0 Å². The number of rotatable bonds is 13. The zero-order chi connectivity index (χ0) is 30.3. The fraction of sp³-hybridized carbons (Fsp3) is 0.559. The highest BCUT2D eigenvalue weighted by molar-refractivity contribution is 5.85. The third kappa shape index (κ3) is 9.11. The van der Waals surface area contributed by atoms with E-state index in [9.17, 15) is 4.79 Å². The normalized spacial score (nSPS) is 18.6. The zero-order valence-corrected chi connectivity index (χ0v) is 26.1. The van der Waals surface area contributed by atoms with E-state index in [1.807, 2.05) is 36.7 Å². The number of imidazole rings is 2. The van der Waals surface area contributed by atoms with Crippen LogP contribution in [0.4, 0.5) is 0 Å². The van der Waals surface area contributed by atoms with Gasteiger partial charge in [-0.1, -0.05) is 45.0 Å². The van der Waals surface area contributed by atoms with E-state index >= 15 is 0 Å². The molecule has 2 saturated heterocycles. The molecule has 232 valence electrons. The molecule has 0 amide bonds. The molecule has 43 heavy (non-hydrogen) atoms. The molecular formula is C34H49N7O2. The summed E-state index contributed by atoms with van der Waals surface area (Å²) in [5.74, 6) is 1.01. The SMILES string of the molecule is CC(C)(C)CN1CCC2(CC1)CCN(CCCn1ccnc1CC(NCc1ccc(/C=C/C(=O)O)cc1)c1ncc[nH]1)C2. The van der Waals surface area contributed by atoms with Crippen LogP contribution < -0.4 is 5.32 Å². The number of aliphatic carboxylic acids is 1. The Kier molecular flexibility index (Phi) is 10.2. The van der Waals surface area contributed by atoms with Crippen molar-refractivity contribution in [1.29, 1.82) is 0 Å². The lowest BCUT2D eigenvalue weighted by atomic mass is 9.77. The van der Waals surface area contributed by atoms with E-state index in [2.05, 4.69) is 56.6 Å². The number of carboxylic acid groups (broad SMARTS) is 1. The lowest BCUT2D eigenvalue weighted by molar-refractivity contribution is -0.131. The van der Waals surface area contributed by atoms with Crippen molar-refractivity contribution in [2.45, 2.75) is 72.0 Å². The van der Waals surface area contributed by atoms with Crippen molar-refractivity contribution in [1.82, 2.24) is 34.6 Å². The molecule has 1 unspecified atom stereocenters. The number of hydrogen-bond acceptors (Lipinski definition) is 6. The van der Waals surface area contributed by atoms with Gasteiger partial charge in [0, 0.05) is 63.5 Å². The number of nitrogens with one attached hydrogen (secondary N) is 2. The lowest BCUT2D eigenvalue weighted by Gasteiger charge is -2.41. The Bertz CT molecular complexity index is 1320. The van der Waals surface area contributed by atoms with Crippen LogP contribution in [0.1, 0.15) is 75.3 Å². The fourth-order valence-electron chi connectivity index (χ4n) is 6.75. The van der Waals surface area contributed by atoms with Gasteiger partial charge in [-0.15, -0.1) is 0 Å². The molecule has 3 N–H and O–H groups in total. The predicted octanol–water partition coefficient (Wildman–Crippen LogP) is 5.00. The van der Waals surface area contributed by atoms with Crippen LogP contribution in [-0.4, -0.2) is 79.7 Å². The Morgan fingerprint density at radius 3 is 2.49 bits per heavy atom.